The van der Waals surface area contributed by atoms with Crippen molar-refractivity contribution in [3.05, 3.63) is 81.3 Å². The monoisotopic (exact) mass is 521 g/mol. The molecule has 5 rings (SSSR count). The van der Waals surface area contributed by atoms with Crippen LogP contribution in [0.2, 0.25) is 0 Å². The van der Waals surface area contributed by atoms with Gasteiger partial charge < -0.3 is 28.8 Å². The molecule has 11 nitrogen and oxygen atoms in total. The number of fused-ring (bicyclic) bond motifs is 1. The maximum Gasteiger partial charge on any atom is 0.269 e. The zero-order chi connectivity index (χ0) is 26.8. The number of hydrogen-bond acceptors (Lipinski definition) is 8. The Balaban J connectivity index is 1.50. The fourth-order valence-corrected chi connectivity index (χ4v) is 5.11. The number of carbonyl (C=O) groups is 2. The highest BCUT2D eigenvalue weighted by molar-refractivity contribution is 6.16. The lowest BCUT2D eigenvalue weighted by atomic mass is 9.94. The van der Waals surface area contributed by atoms with E-state index in [0.717, 1.165) is 19.6 Å². The molecule has 1 atom stereocenters. The quantitative estimate of drug-likeness (QED) is 0.250. The summed E-state index contributed by atoms with van der Waals surface area (Å²) in [5.74, 6) is -2.17. The van der Waals surface area contributed by atoms with Crippen LogP contribution in [0.5, 0.6) is 5.75 Å². The van der Waals surface area contributed by atoms with Gasteiger partial charge in [-0.2, -0.15) is 0 Å². The van der Waals surface area contributed by atoms with Gasteiger partial charge in [0, 0.05) is 36.1 Å². The van der Waals surface area contributed by atoms with Gasteiger partial charge in [0.05, 0.1) is 37.8 Å². The average molecular weight is 522 g/mol. The minimum absolute atomic E-state index is 0.115. The van der Waals surface area contributed by atoms with E-state index in [-0.39, 0.29) is 23.6 Å². The Morgan fingerprint density at radius 1 is 1.18 bits per heavy atom. The van der Waals surface area contributed by atoms with Crippen LogP contribution in [0.15, 0.2) is 64.3 Å². The van der Waals surface area contributed by atoms with E-state index in [0.29, 0.717) is 41.9 Å². The molecule has 0 spiro atoms. The summed E-state index contributed by atoms with van der Waals surface area (Å²) in [7, 11) is 1.47. The summed E-state index contributed by atoms with van der Waals surface area (Å²) in [4.78, 5) is 40.5. The number of morpholine rings is 1. The molecule has 1 amide bonds. The van der Waals surface area contributed by atoms with Crippen LogP contribution in [0, 0.1) is 10.1 Å². The second kappa shape index (κ2) is 10.6. The van der Waals surface area contributed by atoms with Crippen molar-refractivity contribution in [3.8, 4) is 5.75 Å². The number of non-ortho nitro benzene ring substituents is 1. The topological polar surface area (TPSA) is 140 Å². The van der Waals surface area contributed by atoms with Gasteiger partial charge in [-0.3, -0.25) is 19.7 Å². The van der Waals surface area contributed by atoms with E-state index in [1.54, 1.807) is 24.3 Å². The van der Waals surface area contributed by atoms with Crippen LogP contribution in [-0.4, -0.2) is 68.0 Å². The second-order valence-electron chi connectivity index (χ2n) is 9.28. The van der Waals surface area contributed by atoms with Crippen LogP contribution in [0.4, 0.5) is 5.69 Å². The number of amides is 1. The third-order valence-electron chi connectivity index (χ3n) is 7.01. The molecule has 1 saturated heterocycles. The summed E-state index contributed by atoms with van der Waals surface area (Å²) >= 11 is 0. The molecule has 3 aromatic rings. The number of furan rings is 1. The molecule has 3 heterocycles. The molecular weight excluding hydrogens is 494 g/mol. The number of ether oxygens (including phenoxy) is 2. The molecule has 38 heavy (non-hydrogen) atoms. The molecule has 1 aromatic heterocycles. The van der Waals surface area contributed by atoms with Gasteiger partial charge in [-0.05, 0) is 23.5 Å². The maximum atomic E-state index is 13.7. The van der Waals surface area contributed by atoms with Gasteiger partial charge in [-0.15, -0.1) is 0 Å². The van der Waals surface area contributed by atoms with Gasteiger partial charge in [0.25, 0.3) is 5.69 Å². The molecule has 2 aliphatic heterocycles. The summed E-state index contributed by atoms with van der Waals surface area (Å²) in [5.41, 5.74) is 0.168. The van der Waals surface area contributed by atoms with E-state index < -0.39 is 28.4 Å². The summed E-state index contributed by atoms with van der Waals surface area (Å²) in [6.07, 6.45) is 0.586. The van der Waals surface area contributed by atoms with Crippen molar-refractivity contribution in [2.24, 2.45) is 0 Å². The number of hydrogen-bond donors (Lipinski definition) is 1. The van der Waals surface area contributed by atoms with Crippen LogP contribution < -0.4 is 14.7 Å². The van der Waals surface area contributed by atoms with E-state index in [1.807, 2.05) is 0 Å². The number of Topliss-reactive ketones (excluding diaryl/α,β-unsaturated/α-hetero) is 1. The van der Waals surface area contributed by atoms with Crippen molar-refractivity contribution in [1.82, 2.24) is 4.90 Å². The zero-order valence-corrected chi connectivity index (χ0v) is 20.8. The molecule has 11 heteroatoms. The van der Waals surface area contributed by atoms with Gasteiger partial charge >= 0.3 is 0 Å². The molecule has 0 radical (unpaired) electrons. The summed E-state index contributed by atoms with van der Waals surface area (Å²) in [6.45, 7) is 4.02. The molecule has 1 fully saturated rings. The van der Waals surface area contributed by atoms with E-state index in [9.17, 15) is 24.8 Å². The van der Waals surface area contributed by atoms with Gasteiger partial charge in [0.15, 0.2) is 17.1 Å². The first kappa shape index (κ1) is 25.4. The SMILES string of the molecule is COc1cccc2cc(C(=O)C3=C([O-])C(=O)N(CCC[NH+]4CCOCC4)C3c3cccc([N+](=O)[O-])c3)oc12. The molecule has 2 aromatic carbocycles. The number of nitrogens with zero attached hydrogens (tertiary/aromatic N) is 2. The Labute approximate surface area is 218 Å². The predicted molar refractivity (Wildman–Crippen MR) is 133 cm³/mol. The third-order valence-corrected chi connectivity index (χ3v) is 7.01. The number of quaternary nitrogens is 1. The van der Waals surface area contributed by atoms with Gasteiger partial charge in [0.1, 0.15) is 13.1 Å². The van der Waals surface area contributed by atoms with E-state index >= 15 is 0 Å². The number of nitrogens with one attached hydrogen (secondary N) is 1. The Bertz CT molecular complexity index is 1420. The van der Waals surface area contributed by atoms with Gasteiger partial charge in [-0.1, -0.05) is 24.3 Å². The highest BCUT2D eigenvalue weighted by Crippen LogP contribution is 2.40. The number of para-hydroxylation sites is 1. The molecular formula is C27H27N3O8. The van der Waals surface area contributed by atoms with Crippen LogP contribution in [0.1, 0.15) is 28.6 Å². The Kier molecular flexibility index (Phi) is 7.12. The number of rotatable bonds is 9. The molecule has 0 bridgehead atoms. The maximum absolute atomic E-state index is 13.7. The second-order valence-corrected chi connectivity index (χ2v) is 9.28. The number of nitro groups is 1. The van der Waals surface area contributed by atoms with Crippen molar-refractivity contribution >= 4 is 28.3 Å². The summed E-state index contributed by atoms with van der Waals surface area (Å²) in [5, 5.41) is 25.3. The van der Waals surface area contributed by atoms with Crippen molar-refractivity contribution in [1.29, 1.82) is 0 Å². The number of benzene rings is 2. The highest BCUT2D eigenvalue weighted by Gasteiger charge is 2.41. The standard InChI is InChI=1S/C27H27N3O8/c1-36-20-8-3-6-18-16-21(38-26(18)20)24(31)22-23(17-5-2-7-19(15-17)30(34)35)29(27(33)25(22)32)10-4-9-28-11-13-37-14-12-28/h2-3,5-8,15-16,23,32H,4,9-14H2,1H3. The lowest BCUT2D eigenvalue weighted by molar-refractivity contribution is -0.908. The highest BCUT2D eigenvalue weighted by atomic mass is 16.6. The molecule has 0 aliphatic carbocycles. The molecule has 198 valence electrons. The third kappa shape index (κ3) is 4.73. The first-order chi connectivity index (χ1) is 18.4. The number of methoxy groups -OCH3 is 1. The normalized spacial score (nSPS) is 18.4. The Morgan fingerprint density at radius 3 is 2.68 bits per heavy atom. The largest absolute Gasteiger partial charge is 0.868 e. The smallest absolute Gasteiger partial charge is 0.269 e. The molecule has 2 aliphatic rings. The van der Waals surface area contributed by atoms with E-state index in [2.05, 4.69) is 0 Å². The van der Waals surface area contributed by atoms with Gasteiger partial charge in [-0.25, -0.2) is 0 Å². The summed E-state index contributed by atoms with van der Waals surface area (Å²) in [6, 6.07) is 11.3. The Hall–Kier alpha value is -4.22. The fraction of sp³-hybridized carbons (Fsp3) is 0.333. The minimum atomic E-state index is -1.07. The van der Waals surface area contributed by atoms with Crippen molar-refractivity contribution in [2.75, 3.05) is 46.5 Å². The first-order valence-electron chi connectivity index (χ1n) is 12.4. The fourth-order valence-electron chi connectivity index (χ4n) is 5.11. The molecule has 1 unspecified atom stereocenters. The molecule has 0 saturated carbocycles. The zero-order valence-electron chi connectivity index (χ0n) is 20.8. The van der Waals surface area contributed by atoms with Crippen LogP contribution in [0.3, 0.4) is 0 Å². The minimum Gasteiger partial charge on any atom is -0.868 e. The van der Waals surface area contributed by atoms with Crippen LogP contribution in [0.25, 0.3) is 11.0 Å². The lowest BCUT2D eigenvalue weighted by Crippen LogP contribution is -3.14. The van der Waals surface area contributed by atoms with Gasteiger partial charge in [0.2, 0.25) is 11.7 Å². The molecule has 1 N–H and O–H groups in total. The van der Waals surface area contributed by atoms with Crippen molar-refractivity contribution < 1.29 is 38.4 Å². The Morgan fingerprint density at radius 2 is 1.95 bits per heavy atom. The van der Waals surface area contributed by atoms with Crippen LogP contribution in [-0.2, 0) is 9.53 Å². The van der Waals surface area contributed by atoms with Crippen molar-refractivity contribution in [2.45, 2.75) is 12.5 Å². The van der Waals surface area contributed by atoms with E-state index in [4.69, 9.17) is 13.9 Å². The summed E-state index contributed by atoms with van der Waals surface area (Å²) < 4.78 is 16.5. The number of carbonyl (C=O) groups excluding carboxylic acids is 2. The number of nitro benzene ring substituents is 1. The average Bonchev–Trinajstić information content (AvgIpc) is 3.48. The first-order valence-corrected chi connectivity index (χ1v) is 12.4. The van der Waals surface area contributed by atoms with Crippen LogP contribution >= 0.6 is 0 Å². The number of ketones is 1. The van der Waals surface area contributed by atoms with E-state index in [1.165, 1.54) is 41.2 Å². The predicted octanol–water partition coefficient (Wildman–Crippen LogP) is 1.04. The van der Waals surface area contributed by atoms with Crippen molar-refractivity contribution in [3.63, 3.8) is 0 Å². The lowest BCUT2D eigenvalue weighted by Gasteiger charge is -2.29.